The zero-order valence-corrected chi connectivity index (χ0v) is 35.2. The van der Waals surface area contributed by atoms with Gasteiger partial charge in [0.2, 0.25) is 11.8 Å². The number of allylic oxidation sites excluding steroid dienone is 2. The summed E-state index contributed by atoms with van der Waals surface area (Å²) in [5.74, 6) is 2.26. The van der Waals surface area contributed by atoms with E-state index in [4.69, 9.17) is 23.7 Å². The van der Waals surface area contributed by atoms with E-state index in [0.29, 0.717) is 80.3 Å². The van der Waals surface area contributed by atoms with Crippen LogP contribution < -0.4 is 19.5 Å². The van der Waals surface area contributed by atoms with Crippen molar-refractivity contribution in [2.24, 2.45) is 23.2 Å². The number of aliphatic carboxylic acids is 1. The molecule has 3 aliphatic rings. The molecule has 2 amide bonds. The number of methoxy groups -OCH3 is 3. The third-order valence-electron chi connectivity index (χ3n) is 12.6. The van der Waals surface area contributed by atoms with Crippen LogP contribution in [-0.2, 0) is 34.3 Å². The molecule has 3 aromatic rings. The fourth-order valence-electron chi connectivity index (χ4n) is 8.97. The molecule has 2 aliphatic carbocycles. The fraction of sp³-hybridized carbons (Fsp3) is 0.500. The van der Waals surface area contributed by atoms with Crippen molar-refractivity contribution in [2.45, 2.75) is 76.2 Å². The summed E-state index contributed by atoms with van der Waals surface area (Å²) in [6, 6.07) is 23.1. The summed E-state index contributed by atoms with van der Waals surface area (Å²) < 4.78 is 29.6. The molecule has 12 heteroatoms. The lowest BCUT2D eigenvalue weighted by molar-refractivity contribution is -0.157. The number of unbranched alkanes of at least 4 members (excludes halogenated alkanes) is 2. The lowest BCUT2D eigenvalue weighted by atomic mass is 9.77. The molecule has 2 bridgehead atoms. The van der Waals surface area contributed by atoms with Crippen molar-refractivity contribution in [2.75, 3.05) is 54.2 Å². The molecule has 6 rings (SSSR count). The third kappa shape index (κ3) is 11.1. The molecule has 1 aliphatic heterocycles. The van der Waals surface area contributed by atoms with Gasteiger partial charge in [0, 0.05) is 37.9 Å². The quantitative estimate of drug-likeness (QED) is 0.0457. The average Bonchev–Trinajstić information content (AvgIpc) is 3.91. The number of benzene rings is 3. The number of ether oxygens (including phenoxy) is 5. The van der Waals surface area contributed by atoms with Gasteiger partial charge < -0.3 is 39.0 Å². The van der Waals surface area contributed by atoms with Gasteiger partial charge in [-0.2, -0.15) is 0 Å². The van der Waals surface area contributed by atoms with E-state index in [1.807, 2.05) is 77.7 Å². The molecule has 60 heavy (non-hydrogen) atoms. The van der Waals surface area contributed by atoms with Crippen LogP contribution in [0.2, 0.25) is 0 Å². The van der Waals surface area contributed by atoms with Gasteiger partial charge in [-0.15, -0.1) is 0 Å². The van der Waals surface area contributed by atoms with E-state index in [9.17, 15) is 24.3 Å². The number of esters is 1. The molecule has 12 nitrogen and oxygen atoms in total. The molecule has 0 radical (unpaired) electrons. The van der Waals surface area contributed by atoms with Crippen LogP contribution >= 0.6 is 0 Å². The van der Waals surface area contributed by atoms with Crippen LogP contribution in [0.3, 0.4) is 0 Å². The molecule has 2 fully saturated rings. The minimum atomic E-state index is -1.16. The first kappa shape index (κ1) is 44.2. The number of rotatable bonds is 22. The predicted octanol–water partition coefficient (Wildman–Crippen LogP) is 7.32. The maximum atomic E-state index is 13.5. The highest BCUT2D eigenvalue weighted by molar-refractivity contribution is 5.77. The van der Waals surface area contributed by atoms with Gasteiger partial charge in [-0.25, -0.2) is 0 Å². The lowest BCUT2D eigenvalue weighted by Gasteiger charge is -2.44. The number of hydrogen-bond acceptors (Lipinski definition) is 9. The molecule has 322 valence electrons. The van der Waals surface area contributed by atoms with Crippen molar-refractivity contribution in [3.8, 4) is 17.2 Å². The second-order valence-electron chi connectivity index (χ2n) is 16.5. The highest BCUT2D eigenvalue weighted by Crippen LogP contribution is 2.46. The number of fused-ring (bicyclic) bond motifs is 2. The van der Waals surface area contributed by atoms with Crippen LogP contribution in [0, 0.1) is 23.2 Å². The lowest BCUT2D eigenvalue weighted by Crippen LogP contribution is -2.49. The zero-order chi connectivity index (χ0) is 42.5. The normalized spacial score (nSPS) is 19.1. The molecule has 1 saturated carbocycles. The van der Waals surface area contributed by atoms with Crippen molar-refractivity contribution in [3.63, 3.8) is 0 Å². The topological polar surface area (TPSA) is 150 Å². The van der Waals surface area contributed by atoms with Gasteiger partial charge in [0.15, 0.2) is 0 Å². The molecular formula is C48H60N2O10. The Balaban J connectivity index is 1.14. The van der Waals surface area contributed by atoms with E-state index in [1.165, 1.54) is 6.42 Å². The Bertz CT molecular complexity index is 1800. The Morgan fingerprint density at radius 1 is 0.717 bits per heavy atom. The van der Waals surface area contributed by atoms with E-state index >= 15 is 0 Å². The van der Waals surface area contributed by atoms with Crippen LogP contribution in [0.5, 0.6) is 17.2 Å². The Morgan fingerprint density at radius 2 is 1.28 bits per heavy atom. The van der Waals surface area contributed by atoms with Crippen molar-refractivity contribution < 1.29 is 48.0 Å². The molecular weight excluding hydrogens is 765 g/mol. The Morgan fingerprint density at radius 3 is 1.77 bits per heavy atom. The summed E-state index contributed by atoms with van der Waals surface area (Å²) in [7, 11) is 4.85. The molecule has 3 unspecified atom stereocenters. The molecule has 0 aromatic heterocycles. The number of likely N-dealkylation sites (tertiary alicyclic amines) is 1. The summed E-state index contributed by atoms with van der Waals surface area (Å²) >= 11 is 0. The second-order valence-corrected chi connectivity index (χ2v) is 16.5. The first-order valence-corrected chi connectivity index (χ1v) is 21.2. The van der Waals surface area contributed by atoms with Crippen LogP contribution in [0.15, 0.2) is 84.9 Å². The average molecular weight is 825 g/mol. The van der Waals surface area contributed by atoms with E-state index < -0.39 is 23.0 Å². The van der Waals surface area contributed by atoms with Crippen molar-refractivity contribution in [1.29, 1.82) is 0 Å². The monoisotopic (exact) mass is 824 g/mol. The standard InChI is InChI=1S/C48H60N2O10/c1-56-40-16-10-37(11-17-40)48(38-12-18-41(57-2)19-13-38,39-14-20-42(58-3)21-15-39)60-33-47(32-59-46(55)23-22-45(53)54)24-27-50(28-25-47)44(52)7-5-4-6-26-49-43(51)31-36-30-34-8-9-35(36)29-34/h8-21,34-36H,4-7,22-33H2,1-3H3,(H,49,51)(H,53,54). The predicted molar refractivity (Wildman–Crippen MR) is 226 cm³/mol. The SMILES string of the molecule is COc1ccc(C(OCC2(COC(=O)CCC(=O)O)CCN(C(=O)CCCCCNC(=O)CC3CC4C=CC3C4)CC2)(c2ccc(OC)cc2)c2ccc(OC)cc2)cc1. The van der Waals surface area contributed by atoms with Gasteiger partial charge in [-0.05, 0) is 109 Å². The third-order valence-corrected chi connectivity index (χ3v) is 12.6. The number of nitrogens with zero attached hydrogens (tertiary/aromatic N) is 1. The highest BCUT2D eigenvalue weighted by atomic mass is 16.5. The van der Waals surface area contributed by atoms with E-state index in [-0.39, 0.29) is 37.9 Å². The zero-order valence-electron chi connectivity index (χ0n) is 35.2. The Kier molecular flexibility index (Phi) is 15.3. The van der Waals surface area contributed by atoms with Crippen LogP contribution in [0.25, 0.3) is 0 Å². The van der Waals surface area contributed by atoms with Gasteiger partial charge in [0.1, 0.15) is 22.8 Å². The van der Waals surface area contributed by atoms with E-state index in [2.05, 4.69) is 17.5 Å². The Labute approximate surface area is 353 Å². The van der Waals surface area contributed by atoms with Gasteiger partial charge in [-0.3, -0.25) is 19.2 Å². The largest absolute Gasteiger partial charge is 0.497 e. The van der Waals surface area contributed by atoms with Gasteiger partial charge in [0.25, 0.3) is 0 Å². The van der Waals surface area contributed by atoms with Gasteiger partial charge in [-0.1, -0.05) is 55.0 Å². The molecule has 3 atom stereocenters. The van der Waals surface area contributed by atoms with Crippen LogP contribution in [0.4, 0.5) is 0 Å². The molecule has 1 saturated heterocycles. The number of carboxylic acids is 1. The minimum Gasteiger partial charge on any atom is -0.497 e. The summed E-state index contributed by atoms with van der Waals surface area (Å²) in [5.41, 5.74) is 0.636. The minimum absolute atomic E-state index is 0.00179. The second kappa shape index (κ2) is 20.7. The number of carbonyl (C=O) groups excluding carboxylic acids is 3. The van der Waals surface area contributed by atoms with Crippen LogP contribution in [-0.4, -0.2) is 87.9 Å². The maximum Gasteiger partial charge on any atom is 0.306 e. The Hall–Kier alpha value is -5.36. The number of carbonyl (C=O) groups is 4. The summed E-state index contributed by atoms with van der Waals surface area (Å²) in [4.78, 5) is 52.0. The summed E-state index contributed by atoms with van der Waals surface area (Å²) in [6.07, 6.45) is 10.7. The van der Waals surface area contributed by atoms with Crippen molar-refractivity contribution >= 4 is 23.8 Å². The maximum absolute atomic E-state index is 13.5. The number of carboxylic acid groups (broad SMARTS) is 1. The smallest absolute Gasteiger partial charge is 0.306 e. The molecule has 2 N–H and O–H groups in total. The highest BCUT2D eigenvalue weighted by Gasteiger charge is 2.44. The van der Waals surface area contributed by atoms with Crippen LogP contribution in [0.1, 0.15) is 87.3 Å². The van der Waals surface area contributed by atoms with Crippen molar-refractivity contribution in [1.82, 2.24) is 10.2 Å². The van der Waals surface area contributed by atoms with Crippen molar-refractivity contribution in [3.05, 3.63) is 102 Å². The number of piperidine rings is 1. The number of hydrogen-bond donors (Lipinski definition) is 2. The van der Waals surface area contributed by atoms with E-state index in [1.54, 1.807) is 21.3 Å². The molecule has 1 heterocycles. The van der Waals surface area contributed by atoms with Gasteiger partial charge >= 0.3 is 11.9 Å². The van der Waals surface area contributed by atoms with Gasteiger partial charge in [0.05, 0.1) is 47.4 Å². The molecule has 0 spiro atoms. The van der Waals surface area contributed by atoms with E-state index in [0.717, 1.165) is 42.4 Å². The first-order valence-electron chi connectivity index (χ1n) is 21.2. The number of nitrogens with one attached hydrogen (secondary N) is 1. The number of amides is 2. The fourth-order valence-corrected chi connectivity index (χ4v) is 8.97. The summed E-state index contributed by atoms with van der Waals surface area (Å²) in [6.45, 7) is 1.66. The summed E-state index contributed by atoms with van der Waals surface area (Å²) in [5, 5.41) is 12.3. The molecule has 3 aromatic carbocycles. The first-order chi connectivity index (χ1) is 29.1.